The lowest BCUT2D eigenvalue weighted by Gasteiger charge is -2.12. The van der Waals surface area contributed by atoms with Gasteiger partial charge in [-0.3, -0.25) is 0 Å². The molecule has 1 nitrogen and oxygen atoms in total. The first-order valence-corrected chi connectivity index (χ1v) is 4.63. The first-order valence-electron chi connectivity index (χ1n) is 4.25. The van der Waals surface area contributed by atoms with E-state index >= 15 is 0 Å². The Labute approximate surface area is 84.2 Å². The summed E-state index contributed by atoms with van der Waals surface area (Å²) in [5.41, 5.74) is 8.02. The van der Waals surface area contributed by atoms with Crippen molar-refractivity contribution in [2.24, 2.45) is 5.73 Å². The summed E-state index contributed by atoms with van der Waals surface area (Å²) in [4.78, 5) is 0. The van der Waals surface area contributed by atoms with Crippen LogP contribution < -0.4 is 5.73 Å². The summed E-state index contributed by atoms with van der Waals surface area (Å²) in [5.74, 6) is 0. The van der Waals surface area contributed by atoms with Crippen molar-refractivity contribution in [1.82, 2.24) is 0 Å². The Morgan fingerprint density at radius 2 is 2.15 bits per heavy atom. The van der Waals surface area contributed by atoms with Gasteiger partial charge in [0.25, 0.3) is 0 Å². The number of hydrogen-bond acceptors (Lipinski definition) is 1. The van der Waals surface area contributed by atoms with Gasteiger partial charge in [0.15, 0.2) is 0 Å². The van der Waals surface area contributed by atoms with Crippen LogP contribution in [0.15, 0.2) is 36.4 Å². The summed E-state index contributed by atoms with van der Waals surface area (Å²) < 4.78 is 0. The van der Waals surface area contributed by atoms with Gasteiger partial charge in [0, 0.05) is 11.1 Å². The highest BCUT2D eigenvalue weighted by molar-refractivity contribution is 6.31. The Hall–Kier alpha value is -0.790. The zero-order valence-corrected chi connectivity index (χ0v) is 8.51. The topological polar surface area (TPSA) is 26.0 Å². The molecule has 13 heavy (non-hydrogen) atoms. The van der Waals surface area contributed by atoms with Gasteiger partial charge in [-0.05, 0) is 25.0 Å². The number of benzene rings is 1. The van der Waals surface area contributed by atoms with E-state index in [0.717, 1.165) is 22.6 Å². The fourth-order valence-corrected chi connectivity index (χ4v) is 1.54. The molecule has 1 aromatic carbocycles. The molecule has 0 bridgehead atoms. The maximum Gasteiger partial charge on any atom is 0.0453 e. The largest absolute Gasteiger partial charge is 0.324 e. The number of rotatable bonds is 3. The van der Waals surface area contributed by atoms with Gasteiger partial charge in [-0.15, -0.1) is 6.58 Å². The Balaban J connectivity index is 2.82. The highest BCUT2D eigenvalue weighted by atomic mass is 35.5. The molecule has 0 fully saturated rings. The average Bonchev–Trinajstić information content (AvgIpc) is 2.03. The molecule has 2 heteroatoms. The van der Waals surface area contributed by atoms with Gasteiger partial charge in [-0.25, -0.2) is 0 Å². The number of nitrogens with two attached hydrogens (primary N) is 1. The van der Waals surface area contributed by atoms with Gasteiger partial charge >= 0.3 is 0 Å². The van der Waals surface area contributed by atoms with Gasteiger partial charge in [0.05, 0.1) is 0 Å². The first kappa shape index (κ1) is 10.3. The minimum Gasteiger partial charge on any atom is -0.324 e. The predicted molar refractivity (Wildman–Crippen MR) is 57.8 cm³/mol. The fraction of sp³-hybridized carbons (Fsp3) is 0.273. The second-order valence-electron chi connectivity index (χ2n) is 3.29. The van der Waals surface area contributed by atoms with Crippen molar-refractivity contribution < 1.29 is 0 Å². The van der Waals surface area contributed by atoms with Gasteiger partial charge < -0.3 is 5.73 Å². The predicted octanol–water partition coefficient (Wildman–Crippen LogP) is 3.31. The molecule has 1 aromatic rings. The lowest BCUT2D eigenvalue weighted by molar-refractivity contribution is 0.717. The second kappa shape index (κ2) is 4.45. The summed E-state index contributed by atoms with van der Waals surface area (Å²) in [7, 11) is 0. The van der Waals surface area contributed by atoms with E-state index in [0.29, 0.717) is 0 Å². The van der Waals surface area contributed by atoms with Crippen LogP contribution in [0.2, 0.25) is 5.02 Å². The van der Waals surface area contributed by atoms with E-state index in [-0.39, 0.29) is 6.04 Å². The van der Waals surface area contributed by atoms with Crippen LogP contribution in [-0.2, 0) is 0 Å². The van der Waals surface area contributed by atoms with E-state index in [1.165, 1.54) is 0 Å². The maximum atomic E-state index is 5.99. The molecule has 0 saturated heterocycles. The molecular weight excluding hydrogens is 182 g/mol. The summed E-state index contributed by atoms with van der Waals surface area (Å²) in [6.07, 6.45) is 0.781. The molecule has 0 spiro atoms. The number of halogens is 1. The molecule has 0 aromatic heterocycles. The maximum absolute atomic E-state index is 5.99. The van der Waals surface area contributed by atoms with Crippen molar-refractivity contribution in [1.29, 1.82) is 0 Å². The molecule has 0 unspecified atom stereocenters. The van der Waals surface area contributed by atoms with Crippen LogP contribution in [0, 0.1) is 0 Å². The third-order valence-corrected chi connectivity index (χ3v) is 2.22. The van der Waals surface area contributed by atoms with Gasteiger partial charge in [-0.2, -0.15) is 0 Å². The van der Waals surface area contributed by atoms with Crippen molar-refractivity contribution in [3.63, 3.8) is 0 Å². The highest BCUT2D eigenvalue weighted by Gasteiger charge is 2.08. The molecule has 0 aliphatic rings. The SMILES string of the molecule is C=C(C)C[C@H](N)c1ccccc1Cl. The lowest BCUT2D eigenvalue weighted by atomic mass is 10.0. The van der Waals surface area contributed by atoms with Crippen LogP contribution >= 0.6 is 11.6 Å². The van der Waals surface area contributed by atoms with Crippen molar-refractivity contribution in [2.75, 3.05) is 0 Å². The van der Waals surface area contributed by atoms with E-state index in [1.54, 1.807) is 0 Å². The standard InChI is InChI=1S/C11H14ClN/c1-8(2)7-11(13)9-5-3-4-6-10(9)12/h3-6,11H,1,7,13H2,2H3/t11-/m0/s1. The highest BCUT2D eigenvalue weighted by Crippen LogP contribution is 2.24. The zero-order chi connectivity index (χ0) is 9.84. The quantitative estimate of drug-likeness (QED) is 0.736. The third-order valence-electron chi connectivity index (χ3n) is 1.87. The molecule has 0 amide bonds. The smallest absolute Gasteiger partial charge is 0.0453 e. The molecule has 0 heterocycles. The molecule has 2 N–H and O–H groups in total. The van der Waals surface area contributed by atoms with Gasteiger partial charge in [0.2, 0.25) is 0 Å². The molecule has 1 rings (SSSR count). The molecule has 1 atom stereocenters. The minimum atomic E-state index is -0.0359. The Bertz CT molecular complexity index is 307. The molecule has 0 aliphatic heterocycles. The molecule has 0 aliphatic carbocycles. The summed E-state index contributed by atoms with van der Waals surface area (Å²) in [5, 5.41) is 0.733. The Morgan fingerprint density at radius 1 is 1.54 bits per heavy atom. The monoisotopic (exact) mass is 195 g/mol. The van der Waals surface area contributed by atoms with Crippen molar-refractivity contribution in [3.8, 4) is 0 Å². The van der Waals surface area contributed by atoms with Crippen LogP contribution in [0.3, 0.4) is 0 Å². The van der Waals surface area contributed by atoms with Gasteiger partial charge in [-0.1, -0.05) is 35.4 Å². The summed E-state index contributed by atoms with van der Waals surface area (Å²) in [6.45, 7) is 5.80. The van der Waals surface area contributed by atoms with Crippen molar-refractivity contribution in [3.05, 3.63) is 47.0 Å². The van der Waals surface area contributed by atoms with Crippen LogP contribution in [0.5, 0.6) is 0 Å². The molecule has 70 valence electrons. The average molecular weight is 196 g/mol. The van der Waals surface area contributed by atoms with E-state index < -0.39 is 0 Å². The van der Waals surface area contributed by atoms with E-state index in [9.17, 15) is 0 Å². The lowest BCUT2D eigenvalue weighted by Crippen LogP contribution is -2.10. The Morgan fingerprint density at radius 3 is 2.69 bits per heavy atom. The van der Waals surface area contributed by atoms with Crippen LogP contribution in [0.25, 0.3) is 0 Å². The zero-order valence-electron chi connectivity index (χ0n) is 7.76. The fourth-order valence-electron chi connectivity index (χ4n) is 1.26. The van der Waals surface area contributed by atoms with Crippen LogP contribution in [0.1, 0.15) is 24.9 Å². The van der Waals surface area contributed by atoms with Crippen LogP contribution in [-0.4, -0.2) is 0 Å². The van der Waals surface area contributed by atoms with Crippen molar-refractivity contribution >= 4 is 11.6 Å². The summed E-state index contributed by atoms with van der Waals surface area (Å²) >= 11 is 5.99. The van der Waals surface area contributed by atoms with E-state index in [1.807, 2.05) is 31.2 Å². The molecule has 0 saturated carbocycles. The van der Waals surface area contributed by atoms with E-state index in [4.69, 9.17) is 17.3 Å². The minimum absolute atomic E-state index is 0.0359. The first-order chi connectivity index (χ1) is 6.11. The Kier molecular flexibility index (Phi) is 3.52. The van der Waals surface area contributed by atoms with Gasteiger partial charge in [0.1, 0.15) is 0 Å². The van der Waals surface area contributed by atoms with E-state index in [2.05, 4.69) is 6.58 Å². The van der Waals surface area contributed by atoms with Crippen molar-refractivity contribution in [2.45, 2.75) is 19.4 Å². The normalized spacial score (nSPS) is 12.5. The second-order valence-corrected chi connectivity index (χ2v) is 3.70. The molecule has 0 radical (unpaired) electrons. The number of hydrogen-bond donors (Lipinski definition) is 1. The van der Waals surface area contributed by atoms with Crippen LogP contribution in [0.4, 0.5) is 0 Å². The third kappa shape index (κ3) is 2.87. The summed E-state index contributed by atoms with van der Waals surface area (Å²) in [6, 6.07) is 7.62. The molecular formula is C11H14ClN.